The predicted octanol–water partition coefficient (Wildman–Crippen LogP) is 1.78. The molecular formula is C13H18N4. The molecule has 0 unspecified atom stereocenters. The normalized spacial score (nSPS) is 16.6. The zero-order valence-corrected chi connectivity index (χ0v) is 9.97. The Kier molecular flexibility index (Phi) is 2.73. The Balaban J connectivity index is 2.06. The molecule has 2 aromatic rings. The van der Waals surface area contributed by atoms with E-state index in [0.717, 1.165) is 24.3 Å². The molecular weight excluding hydrogens is 212 g/mol. The molecule has 3 rings (SSSR count). The highest BCUT2D eigenvalue weighted by molar-refractivity contribution is 5.59. The topological polar surface area (TPSA) is 46.6 Å². The van der Waals surface area contributed by atoms with Gasteiger partial charge in [-0.05, 0) is 31.4 Å². The molecule has 17 heavy (non-hydrogen) atoms. The molecule has 1 fully saturated rings. The maximum absolute atomic E-state index is 5.70. The van der Waals surface area contributed by atoms with Crippen molar-refractivity contribution in [2.45, 2.75) is 25.8 Å². The minimum absolute atomic E-state index is 0.500. The van der Waals surface area contributed by atoms with Gasteiger partial charge in [-0.25, -0.2) is 4.98 Å². The first-order valence-electron chi connectivity index (χ1n) is 6.30. The second-order valence-corrected chi connectivity index (χ2v) is 4.58. The standard InChI is InChI=1S/C13H18N4/c14-9-11-12-5-4-6-13(17(12)10-15-11)16-7-2-1-3-8-16/h4-6,10H,1-3,7-9,14H2. The molecule has 3 heterocycles. The Morgan fingerprint density at radius 2 is 2.00 bits per heavy atom. The highest BCUT2D eigenvalue weighted by Crippen LogP contribution is 2.22. The van der Waals surface area contributed by atoms with Crippen LogP contribution in [0.15, 0.2) is 24.5 Å². The lowest BCUT2D eigenvalue weighted by Gasteiger charge is -2.29. The first-order valence-corrected chi connectivity index (χ1v) is 6.30. The Morgan fingerprint density at radius 3 is 2.76 bits per heavy atom. The molecule has 0 spiro atoms. The zero-order chi connectivity index (χ0) is 11.7. The highest BCUT2D eigenvalue weighted by Gasteiger charge is 2.14. The van der Waals surface area contributed by atoms with Gasteiger partial charge in [-0.3, -0.25) is 4.40 Å². The number of anilines is 1. The van der Waals surface area contributed by atoms with Crippen molar-refractivity contribution in [3.63, 3.8) is 0 Å². The van der Waals surface area contributed by atoms with Crippen LogP contribution in [-0.4, -0.2) is 22.5 Å². The molecule has 2 aromatic heterocycles. The van der Waals surface area contributed by atoms with E-state index in [4.69, 9.17) is 5.73 Å². The van der Waals surface area contributed by atoms with Crippen LogP contribution < -0.4 is 10.6 Å². The maximum atomic E-state index is 5.70. The van der Waals surface area contributed by atoms with E-state index in [9.17, 15) is 0 Å². The summed E-state index contributed by atoms with van der Waals surface area (Å²) in [7, 11) is 0. The lowest BCUT2D eigenvalue weighted by molar-refractivity contribution is 0.571. The second kappa shape index (κ2) is 4.37. The summed E-state index contributed by atoms with van der Waals surface area (Å²) in [4.78, 5) is 6.82. The third kappa shape index (κ3) is 1.78. The molecule has 0 saturated carbocycles. The van der Waals surface area contributed by atoms with E-state index in [1.807, 2.05) is 6.33 Å². The predicted molar refractivity (Wildman–Crippen MR) is 69.1 cm³/mol. The average Bonchev–Trinajstić information content (AvgIpc) is 2.82. The van der Waals surface area contributed by atoms with Crippen molar-refractivity contribution >= 4 is 11.3 Å². The molecule has 4 heteroatoms. The molecule has 2 N–H and O–H groups in total. The summed E-state index contributed by atoms with van der Waals surface area (Å²) in [5.41, 5.74) is 7.81. The molecule has 0 aromatic carbocycles. The van der Waals surface area contributed by atoms with E-state index in [-0.39, 0.29) is 0 Å². The van der Waals surface area contributed by atoms with Gasteiger partial charge in [0.05, 0.1) is 11.2 Å². The number of imidazole rings is 1. The van der Waals surface area contributed by atoms with Gasteiger partial charge in [-0.1, -0.05) is 6.07 Å². The number of piperidine rings is 1. The van der Waals surface area contributed by atoms with Crippen LogP contribution in [0.2, 0.25) is 0 Å². The Bertz CT molecular complexity index is 511. The molecule has 0 atom stereocenters. The lowest BCUT2D eigenvalue weighted by atomic mass is 10.1. The molecule has 1 aliphatic heterocycles. The minimum atomic E-state index is 0.500. The quantitative estimate of drug-likeness (QED) is 0.855. The van der Waals surface area contributed by atoms with Crippen LogP contribution in [0.1, 0.15) is 25.0 Å². The van der Waals surface area contributed by atoms with Gasteiger partial charge in [0.15, 0.2) is 0 Å². The minimum Gasteiger partial charge on any atom is -0.358 e. The third-order valence-electron chi connectivity index (χ3n) is 3.50. The zero-order valence-electron chi connectivity index (χ0n) is 9.97. The average molecular weight is 230 g/mol. The summed E-state index contributed by atoms with van der Waals surface area (Å²) in [5.74, 6) is 1.24. The van der Waals surface area contributed by atoms with Crippen LogP contribution in [0.25, 0.3) is 5.52 Å². The number of nitrogens with zero attached hydrogens (tertiary/aromatic N) is 3. The van der Waals surface area contributed by atoms with E-state index in [2.05, 4.69) is 32.5 Å². The number of rotatable bonds is 2. The highest BCUT2D eigenvalue weighted by atomic mass is 15.2. The van der Waals surface area contributed by atoms with Crippen molar-refractivity contribution in [3.8, 4) is 0 Å². The molecule has 90 valence electrons. The van der Waals surface area contributed by atoms with Crippen LogP contribution in [0, 0.1) is 0 Å². The molecule has 4 nitrogen and oxygen atoms in total. The monoisotopic (exact) mass is 230 g/mol. The fourth-order valence-electron chi connectivity index (χ4n) is 2.60. The molecule has 0 aliphatic carbocycles. The Morgan fingerprint density at radius 1 is 1.18 bits per heavy atom. The van der Waals surface area contributed by atoms with Gasteiger partial charge in [-0.2, -0.15) is 0 Å². The summed E-state index contributed by atoms with van der Waals surface area (Å²) in [5, 5.41) is 0. The molecule has 0 bridgehead atoms. The van der Waals surface area contributed by atoms with E-state index in [0.29, 0.717) is 6.54 Å². The van der Waals surface area contributed by atoms with Crippen molar-refractivity contribution in [2.75, 3.05) is 18.0 Å². The van der Waals surface area contributed by atoms with Crippen molar-refractivity contribution in [1.29, 1.82) is 0 Å². The second-order valence-electron chi connectivity index (χ2n) is 4.58. The number of pyridine rings is 1. The SMILES string of the molecule is NCc1ncn2c(N3CCCCC3)cccc12. The van der Waals surface area contributed by atoms with Crippen molar-refractivity contribution in [1.82, 2.24) is 9.38 Å². The fourth-order valence-corrected chi connectivity index (χ4v) is 2.60. The van der Waals surface area contributed by atoms with E-state index >= 15 is 0 Å². The summed E-state index contributed by atoms with van der Waals surface area (Å²) < 4.78 is 2.16. The first kappa shape index (κ1) is 10.6. The lowest BCUT2D eigenvalue weighted by Crippen LogP contribution is -2.30. The largest absolute Gasteiger partial charge is 0.358 e. The van der Waals surface area contributed by atoms with Crippen LogP contribution in [0.3, 0.4) is 0 Å². The number of hydrogen-bond acceptors (Lipinski definition) is 3. The van der Waals surface area contributed by atoms with Gasteiger partial charge in [-0.15, -0.1) is 0 Å². The van der Waals surface area contributed by atoms with Gasteiger partial charge in [0.1, 0.15) is 12.1 Å². The van der Waals surface area contributed by atoms with Gasteiger partial charge in [0.2, 0.25) is 0 Å². The van der Waals surface area contributed by atoms with Crippen LogP contribution in [0.5, 0.6) is 0 Å². The number of aromatic nitrogens is 2. The first-order chi connectivity index (χ1) is 8.40. The van der Waals surface area contributed by atoms with Crippen molar-refractivity contribution < 1.29 is 0 Å². The van der Waals surface area contributed by atoms with Gasteiger partial charge in [0.25, 0.3) is 0 Å². The summed E-state index contributed by atoms with van der Waals surface area (Å²) in [6, 6.07) is 6.35. The maximum Gasteiger partial charge on any atom is 0.114 e. The summed E-state index contributed by atoms with van der Waals surface area (Å²) >= 11 is 0. The van der Waals surface area contributed by atoms with Crippen molar-refractivity contribution in [2.24, 2.45) is 5.73 Å². The Hall–Kier alpha value is -1.55. The smallest absolute Gasteiger partial charge is 0.114 e. The summed E-state index contributed by atoms with van der Waals surface area (Å²) in [6.45, 7) is 2.80. The molecule has 0 radical (unpaired) electrons. The number of hydrogen-bond donors (Lipinski definition) is 1. The van der Waals surface area contributed by atoms with E-state index < -0.39 is 0 Å². The molecule has 1 saturated heterocycles. The number of nitrogens with two attached hydrogens (primary N) is 1. The van der Waals surface area contributed by atoms with Gasteiger partial charge in [0, 0.05) is 19.6 Å². The third-order valence-corrected chi connectivity index (χ3v) is 3.50. The number of fused-ring (bicyclic) bond motifs is 1. The van der Waals surface area contributed by atoms with Crippen LogP contribution >= 0.6 is 0 Å². The summed E-state index contributed by atoms with van der Waals surface area (Å²) in [6.07, 6.45) is 5.82. The van der Waals surface area contributed by atoms with Crippen LogP contribution in [-0.2, 0) is 6.54 Å². The Labute approximate surface area is 101 Å². The fraction of sp³-hybridized carbons (Fsp3) is 0.462. The molecule has 0 amide bonds. The molecule has 1 aliphatic rings. The van der Waals surface area contributed by atoms with Crippen LogP contribution in [0.4, 0.5) is 5.82 Å². The van der Waals surface area contributed by atoms with Gasteiger partial charge < -0.3 is 10.6 Å². The van der Waals surface area contributed by atoms with Crippen molar-refractivity contribution in [3.05, 3.63) is 30.2 Å². The van der Waals surface area contributed by atoms with Gasteiger partial charge >= 0.3 is 0 Å². The van der Waals surface area contributed by atoms with E-state index in [1.165, 1.54) is 25.1 Å². The van der Waals surface area contributed by atoms with E-state index in [1.54, 1.807) is 0 Å².